The second kappa shape index (κ2) is 4.56. The van der Waals surface area contributed by atoms with Gasteiger partial charge in [0.15, 0.2) is 0 Å². The van der Waals surface area contributed by atoms with E-state index in [0.717, 1.165) is 16.5 Å². The molecule has 0 aliphatic carbocycles. The number of nitrogens with one attached hydrogen (secondary N) is 1. The zero-order valence-electron chi connectivity index (χ0n) is 8.22. The van der Waals surface area contributed by atoms with E-state index in [0.29, 0.717) is 6.04 Å². The van der Waals surface area contributed by atoms with E-state index < -0.39 is 0 Å². The molecule has 1 saturated heterocycles. The first-order valence-corrected chi connectivity index (χ1v) is 6.48. The van der Waals surface area contributed by atoms with Gasteiger partial charge in [0.1, 0.15) is 0 Å². The summed E-state index contributed by atoms with van der Waals surface area (Å²) in [5.74, 6) is 0. The molecule has 1 N–H and O–H groups in total. The summed E-state index contributed by atoms with van der Waals surface area (Å²) < 4.78 is 0. The third kappa shape index (κ3) is 2.08. The highest BCUT2D eigenvalue weighted by Crippen LogP contribution is 2.30. The van der Waals surface area contributed by atoms with Crippen LogP contribution < -0.4 is 5.32 Å². The second-order valence-electron chi connectivity index (χ2n) is 3.54. The van der Waals surface area contributed by atoms with E-state index in [-0.39, 0.29) is 0 Å². The zero-order valence-corrected chi connectivity index (χ0v) is 9.79. The Labute approximate surface area is 94.2 Å². The lowest BCUT2D eigenvalue weighted by Crippen LogP contribution is -2.12. The Kier molecular flexibility index (Phi) is 3.37. The molecule has 76 valence electrons. The highest BCUT2D eigenvalue weighted by molar-refractivity contribution is 7.98. The molecule has 1 aromatic carbocycles. The third-order valence-electron chi connectivity index (χ3n) is 2.64. The Morgan fingerprint density at radius 2 is 2.36 bits per heavy atom. The van der Waals surface area contributed by atoms with Crippen molar-refractivity contribution >= 4 is 23.4 Å². The van der Waals surface area contributed by atoms with E-state index >= 15 is 0 Å². The fourth-order valence-electron chi connectivity index (χ4n) is 1.87. The monoisotopic (exact) mass is 227 g/mol. The first-order chi connectivity index (χ1) is 6.81. The quantitative estimate of drug-likeness (QED) is 0.777. The number of hydrogen-bond donors (Lipinski definition) is 1. The number of halogens is 1. The fraction of sp³-hybridized carbons (Fsp3) is 0.455. The summed E-state index contributed by atoms with van der Waals surface area (Å²) in [7, 11) is 0. The molecule has 0 radical (unpaired) electrons. The van der Waals surface area contributed by atoms with Crippen LogP contribution in [-0.2, 0) is 0 Å². The molecule has 0 amide bonds. The molecule has 1 aliphatic heterocycles. The van der Waals surface area contributed by atoms with Gasteiger partial charge in [-0.25, -0.2) is 0 Å². The highest BCUT2D eigenvalue weighted by atomic mass is 35.5. The van der Waals surface area contributed by atoms with Crippen LogP contribution in [0.5, 0.6) is 0 Å². The minimum absolute atomic E-state index is 0.517. The van der Waals surface area contributed by atoms with Gasteiger partial charge in [-0.05, 0) is 43.3 Å². The van der Waals surface area contributed by atoms with E-state index in [4.69, 9.17) is 11.6 Å². The van der Waals surface area contributed by atoms with Crippen molar-refractivity contribution in [3.05, 3.63) is 28.8 Å². The standard InChI is InChI=1S/C11H14ClNS/c1-14-11-5-4-8(7-9(11)12)10-3-2-6-13-10/h4-5,7,10,13H,2-3,6H2,1H3. The molecular weight excluding hydrogens is 214 g/mol. The van der Waals surface area contributed by atoms with Gasteiger partial charge in [-0.1, -0.05) is 17.7 Å². The van der Waals surface area contributed by atoms with Crippen molar-refractivity contribution in [2.24, 2.45) is 0 Å². The van der Waals surface area contributed by atoms with Crippen molar-refractivity contribution in [3.8, 4) is 0 Å². The Hall–Kier alpha value is -0.180. The first-order valence-electron chi connectivity index (χ1n) is 4.88. The largest absolute Gasteiger partial charge is 0.310 e. The third-order valence-corrected chi connectivity index (χ3v) is 3.86. The minimum Gasteiger partial charge on any atom is -0.310 e. The van der Waals surface area contributed by atoms with Crippen LogP contribution in [0.3, 0.4) is 0 Å². The van der Waals surface area contributed by atoms with E-state index in [9.17, 15) is 0 Å². The number of thioether (sulfide) groups is 1. The predicted octanol–water partition coefficient (Wildman–Crippen LogP) is 3.49. The van der Waals surface area contributed by atoms with Crippen LogP contribution >= 0.6 is 23.4 Å². The average molecular weight is 228 g/mol. The molecule has 1 nitrogen and oxygen atoms in total. The molecule has 1 aliphatic rings. The van der Waals surface area contributed by atoms with Crippen molar-refractivity contribution in [1.29, 1.82) is 0 Å². The van der Waals surface area contributed by atoms with Gasteiger partial charge in [0.25, 0.3) is 0 Å². The Bertz CT molecular complexity index is 321. The van der Waals surface area contributed by atoms with Crippen molar-refractivity contribution in [1.82, 2.24) is 5.32 Å². The molecule has 2 rings (SSSR count). The maximum Gasteiger partial charge on any atom is 0.0545 e. The molecule has 0 saturated carbocycles. The molecule has 1 heterocycles. The lowest BCUT2D eigenvalue weighted by molar-refractivity contribution is 0.647. The average Bonchev–Trinajstić information content (AvgIpc) is 2.70. The van der Waals surface area contributed by atoms with Crippen molar-refractivity contribution < 1.29 is 0 Å². The lowest BCUT2D eigenvalue weighted by Gasteiger charge is -2.11. The lowest BCUT2D eigenvalue weighted by atomic mass is 10.1. The Morgan fingerprint density at radius 1 is 1.50 bits per heavy atom. The summed E-state index contributed by atoms with van der Waals surface area (Å²) in [6.45, 7) is 1.13. The topological polar surface area (TPSA) is 12.0 Å². The molecule has 1 fully saturated rings. The van der Waals surface area contributed by atoms with Gasteiger partial charge in [-0.3, -0.25) is 0 Å². The van der Waals surface area contributed by atoms with Crippen molar-refractivity contribution in [2.75, 3.05) is 12.8 Å². The second-order valence-corrected chi connectivity index (χ2v) is 4.80. The number of benzene rings is 1. The van der Waals surface area contributed by atoms with Crippen molar-refractivity contribution in [2.45, 2.75) is 23.8 Å². The normalized spacial score (nSPS) is 21.4. The van der Waals surface area contributed by atoms with Gasteiger partial charge in [0, 0.05) is 10.9 Å². The molecule has 0 spiro atoms. The van der Waals surface area contributed by atoms with E-state index in [1.165, 1.54) is 18.4 Å². The summed E-state index contributed by atoms with van der Waals surface area (Å²) in [6, 6.07) is 6.91. The molecule has 1 atom stereocenters. The molecule has 0 bridgehead atoms. The zero-order chi connectivity index (χ0) is 9.97. The summed E-state index contributed by atoms with van der Waals surface area (Å²) >= 11 is 7.85. The highest BCUT2D eigenvalue weighted by Gasteiger charge is 2.16. The fourth-order valence-corrected chi connectivity index (χ4v) is 2.75. The maximum atomic E-state index is 6.16. The molecule has 1 aromatic rings. The van der Waals surface area contributed by atoms with Gasteiger partial charge in [-0.2, -0.15) is 0 Å². The van der Waals surface area contributed by atoms with Crippen LogP contribution in [0.1, 0.15) is 24.4 Å². The number of rotatable bonds is 2. The summed E-state index contributed by atoms with van der Waals surface area (Å²) in [4.78, 5) is 1.16. The maximum absolute atomic E-state index is 6.16. The Morgan fingerprint density at radius 3 is 2.93 bits per heavy atom. The molecular formula is C11H14ClNS. The summed E-state index contributed by atoms with van der Waals surface area (Å²) in [6.07, 6.45) is 4.55. The van der Waals surface area contributed by atoms with E-state index in [2.05, 4.69) is 29.8 Å². The van der Waals surface area contributed by atoms with Crippen LogP contribution in [0.15, 0.2) is 23.1 Å². The molecule has 3 heteroatoms. The van der Waals surface area contributed by atoms with E-state index in [1.807, 2.05) is 0 Å². The Balaban J connectivity index is 2.23. The smallest absolute Gasteiger partial charge is 0.0545 e. The van der Waals surface area contributed by atoms with Crippen LogP contribution in [0.4, 0.5) is 0 Å². The van der Waals surface area contributed by atoms with Crippen molar-refractivity contribution in [3.63, 3.8) is 0 Å². The first kappa shape index (κ1) is 10.3. The number of hydrogen-bond acceptors (Lipinski definition) is 2. The SMILES string of the molecule is CSc1ccc(C2CCCN2)cc1Cl. The van der Waals surface area contributed by atoms with Crippen LogP contribution in [0.2, 0.25) is 5.02 Å². The van der Waals surface area contributed by atoms with Gasteiger partial charge in [0.05, 0.1) is 5.02 Å². The van der Waals surface area contributed by atoms with Gasteiger partial charge in [-0.15, -0.1) is 11.8 Å². The summed E-state index contributed by atoms with van der Waals surface area (Å²) in [5.41, 5.74) is 1.32. The van der Waals surface area contributed by atoms with Gasteiger partial charge < -0.3 is 5.32 Å². The van der Waals surface area contributed by atoms with Gasteiger partial charge in [0.2, 0.25) is 0 Å². The van der Waals surface area contributed by atoms with Crippen LogP contribution in [0, 0.1) is 0 Å². The predicted molar refractivity (Wildman–Crippen MR) is 63.2 cm³/mol. The minimum atomic E-state index is 0.517. The molecule has 1 unspecified atom stereocenters. The van der Waals surface area contributed by atoms with Crippen LogP contribution in [-0.4, -0.2) is 12.8 Å². The van der Waals surface area contributed by atoms with Gasteiger partial charge >= 0.3 is 0 Å². The molecule has 14 heavy (non-hydrogen) atoms. The van der Waals surface area contributed by atoms with Crippen LogP contribution in [0.25, 0.3) is 0 Å². The molecule has 0 aromatic heterocycles. The summed E-state index contributed by atoms with van der Waals surface area (Å²) in [5, 5.41) is 4.35. The van der Waals surface area contributed by atoms with E-state index in [1.54, 1.807) is 11.8 Å².